The molecule has 1 aromatic heterocycles. The van der Waals surface area contributed by atoms with Crippen molar-refractivity contribution >= 4 is 0 Å². The Bertz CT molecular complexity index is 307. The Morgan fingerprint density at radius 1 is 1.53 bits per heavy atom. The SMILES string of the molecule is CCc1nn(C)cc1C(O)CNC(C)C. The molecule has 4 nitrogen and oxygen atoms in total. The molecule has 1 aromatic rings. The monoisotopic (exact) mass is 211 g/mol. The number of aryl methyl sites for hydroxylation is 2. The standard InChI is InChI=1S/C11H21N3O/c1-5-10-9(7-14(4)13-10)11(15)6-12-8(2)3/h7-8,11-12,15H,5-6H2,1-4H3. The highest BCUT2D eigenvalue weighted by atomic mass is 16.3. The van der Waals surface area contributed by atoms with Crippen LogP contribution in [0.15, 0.2) is 6.20 Å². The number of rotatable bonds is 5. The van der Waals surface area contributed by atoms with Crippen molar-refractivity contribution in [1.29, 1.82) is 0 Å². The Morgan fingerprint density at radius 3 is 2.73 bits per heavy atom. The summed E-state index contributed by atoms with van der Waals surface area (Å²) in [6.07, 6.45) is 2.29. The van der Waals surface area contributed by atoms with Gasteiger partial charge in [0, 0.05) is 31.4 Å². The van der Waals surface area contributed by atoms with Gasteiger partial charge in [0.1, 0.15) is 0 Å². The Labute approximate surface area is 91.3 Å². The van der Waals surface area contributed by atoms with Crippen LogP contribution < -0.4 is 5.32 Å². The molecule has 0 bridgehead atoms. The summed E-state index contributed by atoms with van der Waals surface area (Å²) in [5.74, 6) is 0. The Hall–Kier alpha value is -0.870. The smallest absolute Gasteiger partial charge is 0.0947 e. The summed E-state index contributed by atoms with van der Waals surface area (Å²) in [5, 5.41) is 17.5. The molecule has 4 heteroatoms. The van der Waals surface area contributed by atoms with Gasteiger partial charge in [-0.15, -0.1) is 0 Å². The van der Waals surface area contributed by atoms with Gasteiger partial charge in [-0.25, -0.2) is 0 Å². The van der Waals surface area contributed by atoms with E-state index in [2.05, 4.69) is 31.2 Å². The summed E-state index contributed by atoms with van der Waals surface area (Å²) >= 11 is 0. The quantitative estimate of drug-likeness (QED) is 0.764. The molecule has 0 fully saturated rings. The minimum Gasteiger partial charge on any atom is -0.387 e. The molecular formula is C11H21N3O. The van der Waals surface area contributed by atoms with Crippen molar-refractivity contribution in [2.45, 2.75) is 39.3 Å². The fourth-order valence-corrected chi connectivity index (χ4v) is 1.56. The van der Waals surface area contributed by atoms with Crippen LogP contribution in [0.4, 0.5) is 0 Å². The molecule has 0 aromatic carbocycles. The van der Waals surface area contributed by atoms with E-state index in [4.69, 9.17) is 0 Å². The van der Waals surface area contributed by atoms with E-state index < -0.39 is 6.10 Å². The summed E-state index contributed by atoms with van der Waals surface area (Å²) in [6.45, 7) is 6.76. The molecule has 0 amide bonds. The molecule has 0 aliphatic carbocycles. The summed E-state index contributed by atoms with van der Waals surface area (Å²) < 4.78 is 1.76. The number of aliphatic hydroxyl groups excluding tert-OH is 1. The van der Waals surface area contributed by atoms with Crippen molar-refractivity contribution in [2.24, 2.45) is 7.05 Å². The second-order valence-corrected chi connectivity index (χ2v) is 4.14. The van der Waals surface area contributed by atoms with Gasteiger partial charge < -0.3 is 10.4 Å². The van der Waals surface area contributed by atoms with E-state index in [0.29, 0.717) is 12.6 Å². The maximum absolute atomic E-state index is 9.98. The fraction of sp³-hybridized carbons (Fsp3) is 0.727. The zero-order valence-electron chi connectivity index (χ0n) is 9.99. The molecule has 0 saturated carbocycles. The summed E-state index contributed by atoms with van der Waals surface area (Å²) in [7, 11) is 1.88. The van der Waals surface area contributed by atoms with Gasteiger partial charge in [-0.3, -0.25) is 4.68 Å². The fourth-order valence-electron chi connectivity index (χ4n) is 1.56. The van der Waals surface area contributed by atoms with Crippen molar-refractivity contribution in [3.63, 3.8) is 0 Å². The van der Waals surface area contributed by atoms with Gasteiger partial charge in [0.25, 0.3) is 0 Å². The van der Waals surface area contributed by atoms with Crippen LogP contribution in [0.3, 0.4) is 0 Å². The first-order valence-corrected chi connectivity index (χ1v) is 5.48. The third-order valence-corrected chi connectivity index (χ3v) is 2.35. The second-order valence-electron chi connectivity index (χ2n) is 4.14. The maximum atomic E-state index is 9.98. The summed E-state index contributed by atoms with van der Waals surface area (Å²) in [4.78, 5) is 0. The predicted molar refractivity (Wildman–Crippen MR) is 60.7 cm³/mol. The third kappa shape index (κ3) is 3.32. The number of nitrogens with zero attached hydrogens (tertiary/aromatic N) is 2. The lowest BCUT2D eigenvalue weighted by Crippen LogP contribution is -2.28. The summed E-state index contributed by atoms with van der Waals surface area (Å²) in [5.41, 5.74) is 1.92. The molecule has 1 rings (SSSR count). The van der Waals surface area contributed by atoms with E-state index >= 15 is 0 Å². The van der Waals surface area contributed by atoms with Gasteiger partial charge in [0.15, 0.2) is 0 Å². The van der Waals surface area contributed by atoms with Crippen LogP contribution in [0.5, 0.6) is 0 Å². The van der Waals surface area contributed by atoms with Gasteiger partial charge in [-0.05, 0) is 6.42 Å². The lowest BCUT2D eigenvalue weighted by molar-refractivity contribution is 0.170. The number of nitrogens with one attached hydrogen (secondary N) is 1. The average molecular weight is 211 g/mol. The second kappa shape index (κ2) is 5.28. The molecule has 2 N–H and O–H groups in total. The molecule has 15 heavy (non-hydrogen) atoms. The first-order valence-electron chi connectivity index (χ1n) is 5.48. The molecule has 1 unspecified atom stereocenters. The van der Waals surface area contributed by atoms with E-state index in [1.54, 1.807) is 4.68 Å². The molecule has 0 saturated heterocycles. The Kier molecular flexibility index (Phi) is 4.29. The van der Waals surface area contributed by atoms with Gasteiger partial charge >= 0.3 is 0 Å². The van der Waals surface area contributed by atoms with Crippen LogP contribution in [0.25, 0.3) is 0 Å². The highest BCUT2D eigenvalue weighted by Crippen LogP contribution is 2.16. The third-order valence-electron chi connectivity index (χ3n) is 2.35. The lowest BCUT2D eigenvalue weighted by atomic mass is 10.1. The number of hydrogen-bond donors (Lipinski definition) is 2. The van der Waals surface area contributed by atoms with Crippen LogP contribution in [0.2, 0.25) is 0 Å². The summed E-state index contributed by atoms with van der Waals surface area (Å²) in [6, 6.07) is 0.390. The van der Waals surface area contributed by atoms with Gasteiger partial charge in [0.2, 0.25) is 0 Å². The Morgan fingerprint density at radius 2 is 2.20 bits per heavy atom. The maximum Gasteiger partial charge on any atom is 0.0947 e. The number of aliphatic hydroxyl groups is 1. The van der Waals surface area contributed by atoms with Gasteiger partial charge in [-0.1, -0.05) is 20.8 Å². The topological polar surface area (TPSA) is 50.1 Å². The van der Waals surface area contributed by atoms with Crippen LogP contribution >= 0.6 is 0 Å². The molecule has 1 atom stereocenters. The average Bonchev–Trinajstić information content (AvgIpc) is 2.56. The van der Waals surface area contributed by atoms with Crippen molar-refractivity contribution in [3.8, 4) is 0 Å². The first kappa shape index (κ1) is 12.2. The van der Waals surface area contributed by atoms with Crippen molar-refractivity contribution in [2.75, 3.05) is 6.54 Å². The normalized spacial score (nSPS) is 13.5. The highest BCUT2D eigenvalue weighted by molar-refractivity contribution is 5.20. The zero-order valence-corrected chi connectivity index (χ0v) is 9.99. The molecule has 0 aliphatic rings. The van der Waals surface area contributed by atoms with Crippen LogP contribution in [0, 0.1) is 0 Å². The number of aromatic nitrogens is 2. The first-order chi connectivity index (χ1) is 7.04. The van der Waals surface area contributed by atoms with Crippen molar-refractivity contribution < 1.29 is 5.11 Å². The van der Waals surface area contributed by atoms with E-state index in [-0.39, 0.29) is 0 Å². The molecular weight excluding hydrogens is 190 g/mol. The van der Waals surface area contributed by atoms with Crippen molar-refractivity contribution in [3.05, 3.63) is 17.5 Å². The molecule has 0 aliphatic heterocycles. The van der Waals surface area contributed by atoms with Gasteiger partial charge in [-0.2, -0.15) is 5.10 Å². The van der Waals surface area contributed by atoms with E-state index in [1.807, 2.05) is 13.2 Å². The zero-order chi connectivity index (χ0) is 11.4. The molecule has 1 heterocycles. The number of hydrogen-bond acceptors (Lipinski definition) is 3. The van der Waals surface area contributed by atoms with Crippen LogP contribution in [-0.2, 0) is 13.5 Å². The minimum absolute atomic E-state index is 0.390. The highest BCUT2D eigenvalue weighted by Gasteiger charge is 2.14. The Balaban J connectivity index is 2.67. The predicted octanol–water partition coefficient (Wildman–Crippen LogP) is 1.01. The van der Waals surface area contributed by atoms with E-state index in [1.165, 1.54) is 0 Å². The molecule has 0 spiro atoms. The van der Waals surface area contributed by atoms with Crippen LogP contribution in [0.1, 0.15) is 38.1 Å². The largest absolute Gasteiger partial charge is 0.387 e. The van der Waals surface area contributed by atoms with E-state index in [0.717, 1.165) is 17.7 Å². The van der Waals surface area contributed by atoms with Crippen LogP contribution in [-0.4, -0.2) is 27.5 Å². The lowest BCUT2D eigenvalue weighted by Gasteiger charge is -2.13. The molecule has 0 radical (unpaired) electrons. The van der Waals surface area contributed by atoms with Crippen molar-refractivity contribution in [1.82, 2.24) is 15.1 Å². The van der Waals surface area contributed by atoms with Gasteiger partial charge in [0.05, 0.1) is 11.8 Å². The van der Waals surface area contributed by atoms with E-state index in [9.17, 15) is 5.11 Å². The molecule has 86 valence electrons. The minimum atomic E-state index is -0.462.